The molecule has 1 N–H and O–H groups in total. The molecule has 2 heterocycles. The first-order chi connectivity index (χ1) is 11.3. The predicted octanol–water partition coefficient (Wildman–Crippen LogP) is 0.267. The van der Waals surface area contributed by atoms with Crippen molar-refractivity contribution in [2.45, 2.75) is 45.5 Å². The van der Waals surface area contributed by atoms with Crippen molar-refractivity contribution in [3.05, 3.63) is 11.7 Å². The number of aromatic nitrogens is 2. The van der Waals surface area contributed by atoms with E-state index in [1.54, 1.807) is 0 Å². The second-order valence-corrected chi connectivity index (χ2v) is 5.26. The summed E-state index contributed by atoms with van der Waals surface area (Å²) in [6.07, 6.45) is -2.95. The van der Waals surface area contributed by atoms with Gasteiger partial charge in [0, 0.05) is 20.3 Å². The lowest BCUT2D eigenvalue weighted by Crippen LogP contribution is -2.42. The zero-order chi connectivity index (χ0) is 17.9. The van der Waals surface area contributed by atoms with E-state index in [2.05, 4.69) is 10.1 Å². The molecule has 1 saturated heterocycles. The Morgan fingerprint density at radius 1 is 1.33 bits per heavy atom. The van der Waals surface area contributed by atoms with E-state index in [0.29, 0.717) is 12.2 Å². The number of esters is 2. The maximum atomic E-state index is 11.4. The van der Waals surface area contributed by atoms with Gasteiger partial charge in [0.2, 0.25) is 6.10 Å². The number of carbonyl (C=O) groups excluding carboxylic acids is 2. The third-order valence-corrected chi connectivity index (χ3v) is 3.46. The van der Waals surface area contributed by atoms with Gasteiger partial charge in [-0.25, -0.2) is 4.79 Å². The average molecular weight is 342 g/mol. The third kappa shape index (κ3) is 3.88. The van der Waals surface area contributed by atoms with Crippen LogP contribution < -0.4 is 0 Å². The van der Waals surface area contributed by atoms with Crippen molar-refractivity contribution in [3.8, 4) is 0 Å². The van der Waals surface area contributed by atoms with E-state index < -0.39 is 42.1 Å². The molecule has 1 aliphatic rings. The SMILES string of the molecule is CCc1noc([C@H]2OC[C@@H]([C@H](OC(C)=O)C(=O)O)[C@H]2OC(C)=O)n1. The molecule has 10 heteroatoms. The van der Waals surface area contributed by atoms with Crippen LogP contribution in [0.3, 0.4) is 0 Å². The highest BCUT2D eigenvalue weighted by molar-refractivity contribution is 5.77. The molecule has 24 heavy (non-hydrogen) atoms. The predicted molar refractivity (Wildman–Crippen MR) is 74.6 cm³/mol. The van der Waals surface area contributed by atoms with Crippen LogP contribution in [0, 0.1) is 5.92 Å². The van der Waals surface area contributed by atoms with E-state index in [9.17, 15) is 19.5 Å². The lowest BCUT2D eigenvalue weighted by molar-refractivity contribution is -0.172. The normalized spacial score (nSPS) is 24.4. The Balaban J connectivity index is 2.29. The Kier molecular flexibility index (Phi) is 5.50. The zero-order valence-corrected chi connectivity index (χ0v) is 13.4. The van der Waals surface area contributed by atoms with Gasteiger partial charge in [-0.15, -0.1) is 0 Å². The summed E-state index contributed by atoms with van der Waals surface area (Å²) in [5, 5.41) is 13.0. The van der Waals surface area contributed by atoms with Crippen molar-refractivity contribution < 1.29 is 38.2 Å². The average Bonchev–Trinajstić information content (AvgIpc) is 3.10. The Bertz CT molecular complexity index is 628. The fourth-order valence-corrected chi connectivity index (χ4v) is 2.47. The van der Waals surface area contributed by atoms with Gasteiger partial charge in [-0.3, -0.25) is 9.59 Å². The van der Waals surface area contributed by atoms with Crippen molar-refractivity contribution in [1.82, 2.24) is 10.1 Å². The van der Waals surface area contributed by atoms with Crippen LogP contribution in [0.4, 0.5) is 0 Å². The Morgan fingerprint density at radius 3 is 2.54 bits per heavy atom. The van der Waals surface area contributed by atoms with Gasteiger partial charge in [-0.2, -0.15) is 4.98 Å². The molecule has 0 radical (unpaired) electrons. The molecular formula is C14H18N2O8. The fourth-order valence-electron chi connectivity index (χ4n) is 2.47. The number of ether oxygens (including phenoxy) is 3. The third-order valence-electron chi connectivity index (χ3n) is 3.46. The minimum atomic E-state index is -1.52. The van der Waals surface area contributed by atoms with Gasteiger partial charge in [0.15, 0.2) is 11.9 Å². The van der Waals surface area contributed by atoms with Crippen LogP contribution >= 0.6 is 0 Å². The molecule has 10 nitrogen and oxygen atoms in total. The smallest absolute Gasteiger partial charge is 0.345 e. The first kappa shape index (κ1) is 17.9. The minimum Gasteiger partial charge on any atom is -0.478 e. The molecule has 1 fully saturated rings. The number of rotatable bonds is 6. The summed E-state index contributed by atoms with van der Waals surface area (Å²) in [5.74, 6) is -3.16. The van der Waals surface area contributed by atoms with Crippen molar-refractivity contribution >= 4 is 17.9 Å². The van der Waals surface area contributed by atoms with Gasteiger partial charge in [0.25, 0.3) is 5.89 Å². The number of carboxylic acid groups (broad SMARTS) is 1. The maximum Gasteiger partial charge on any atom is 0.345 e. The van der Waals surface area contributed by atoms with Crippen LogP contribution in [0.15, 0.2) is 4.52 Å². The first-order valence-corrected chi connectivity index (χ1v) is 7.34. The highest BCUT2D eigenvalue weighted by Crippen LogP contribution is 2.37. The molecule has 0 unspecified atom stereocenters. The molecule has 1 aromatic heterocycles. The van der Waals surface area contributed by atoms with Crippen LogP contribution in [0.2, 0.25) is 0 Å². The number of aliphatic carboxylic acids is 1. The van der Waals surface area contributed by atoms with Crippen LogP contribution in [0.5, 0.6) is 0 Å². The lowest BCUT2D eigenvalue weighted by Gasteiger charge is -2.24. The quantitative estimate of drug-likeness (QED) is 0.716. The minimum absolute atomic E-state index is 0.0764. The van der Waals surface area contributed by atoms with Crippen LogP contribution in [-0.4, -0.2) is 52.0 Å². The summed E-state index contributed by atoms with van der Waals surface area (Å²) < 4.78 is 20.6. The topological polar surface area (TPSA) is 138 Å². The lowest BCUT2D eigenvalue weighted by atomic mass is 9.95. The van der Waals surface area contributed by atoms with Crippen molar-refractivity contribution in [1.29, 1.82) is 0 Å². The monoisotopic (exact) mass is 342 g/mol. The molecule has 0 aliphatic carbocycles. The summed E-state index contributed by atoms with van der Waals surface area (Å²) in [6, 6.07) is 0. The number of hydrogen-bond acceptors (Lipinski definition) is 9. The van der Waals surface area contributed by atoms with Gasteiger partial charge >= 0.3 is 17.9 Å². The molecular weight excluding hydrogens is 324 g/mol. The molecule has 0 bridgehead atoms. The number of aryl methyl sites for hydroxylation is 1. The van der Waals surface area contributed by atoms with Gasteiger partial charge in [-0.05, 0) is 0 Å². The van der Waals surface area contributed by atoms with E-state index in [0.717, 1.165) is 6.92 Å². The summed E-state index contributed by atoms with van der Waals surface area (Å²) in [7, 11) is 0. The maximum absolute atomic E-state index is 11.4. The Morgan fingerprint density at radius 2 is 2.04 bits per heavy atom. The molecule has 1 aromatic rings. The van der Waals surface area contributed by atoms with Crippen molar-refractivity contribution in [2.75, 3.05) is 6.61 Å². The molecule has 0 aromatic carbocycles. The number of carboxylic acids is 1. The molecule has 132 valence electrons. The van der Waals surface area contributed by atoms with Crippen LogP contribution in [-0.2, 0) is 35.0 Å². The first-order valence-electron chi connectivity index (χ1n) is 7.34. The molecule has 0 spiro atoms. The molecule has 2 rings (SSSR count). The Labute approximate surface area is 137 Å². The largest absolute Gasteiger partial charge is 0.478 e. The highest BCUT2D eigenvalue weighted by atomic mass is 16.6. The van der Waals surface area contributed by atoms with Gasteiger partial charge in [0.1, 0.15) is 6.10 Å². The van der Waals surface area contributed by atoms with E-state index in [4.69, 9.17) is 18.7 Å². The second-order valence-electron chi connectivity index (χ2n) is 5.26. The van der Waals surface area contributed by atoms with Crippen molar-refractivity contribution in [2.24, 2.45) is 5.92 Å². The van der Waals surface area contributed by atoms with E-state index >= 15 is 0 Å². The van der Waals surface area contributed by atoms with Gasteiger partial charge < -0.3 is 23.8 Å². The second kappa shape index (κ2) is 7.39. The van der Waals surface area contributed by atoms with Gasteiger partial charge in [0.05, 0.1) is 12.5 Å². The molecule has 1 aliphatic heterocycles. The van der Waals surface area contributed by atoms with Crippen LogP contribution in [0.25, 0.3) is 0 Å². The number of nitrogens with zero attached hydrogens (tertiary/aromatic N) is 2. The molecule has 4 atom stereocenters. The summed E-state index contributed by atoms with van der Waals surface area (Å²) in [5.41, 5.74) is 0. The molecule has 0 amide bonds. The molecule has 0 saturated carbocycles. The Hall–Kier alpha value is -2.49. The zero-order valence-electron chi connectivity index (χ0n) is 13.4. The van der Waals surface area contributed by atoms with E-state index in [1.165, 1.54) is 6.92 Å². The highest BCUT2D eigenvalue weighted by Gasteiger charge is 2.50. The standard InChI is InChI=1S/C14H18N2O8/c1-4-9-15-13(24-16-9)12-10(22-6(2)17)8(5-21-12)11(14(19)20)23-7(3)18/h8,10-12H,4-5H2,1-3H3,(H,19,20)/t8-,10-,11+,12+/m1/s1. The number of carbonyl (C=O) groups is 3. The van der Waals surface area contributed by atoms with Crippen LogP contribution in [0.1, 0.15) is 38.6 Å². The van der Waals surface area contributed by atoms with Gasteiger partial charge in [-0.1, -0.05) is 12.1 Å². The fraction of sp³-hybridized carbons (Fsp3) is 0.643. The summed E-state index contributed by atoms with van der Waals surface area (Å²) in [6.45, 7) is 3.99. The van der Waals surface area contributed by atoms with E-state index in [1.807, 2.05) is 6.92 Å². The van der Waals surface area contributed by atoms with Crippen molar-refractivity contribution in [3.63, 3.8) is 0 Å². The number of hydrogen-bond donors (Lipinski definition) is 1. The summed E-state index contributed by atoms with van der Waals surface area (Å²) >= 11 is 0. The van der Waals surface area contributed by atoms with E-state index in [-0.39, 0.29) is 12.5 Å². The summed E-state index contributed by atoms with van der Waals surface area (Å²) in [4.78, 5) is 38.1.